The van der Waals surface area contributed by atoms with Gasteiger partial charge in [0.25, 0.3) is 5.91 Å². The van der Waals surface area contributed by atoms with Gasteiger partial charge >= 0.3 is 0 Å². The number of rotatable bonds is 8. The minimum absolute atomic E-state index is 0.0970. The van der Waals surface area contributed by atoms with E-state index in [-0.39, 0.29) is 36.4 Å². The fourth-order valence-corrected chi connectivity index (χ4v) is 3.93. The lowest BCUT2D eigenvalue weighted by Crippen LogP contribution is -2.30. The molecule has 2 unspecified atom stereocenters. The Labute approximate surface area is 209 Å². The number of nitrogens with one attached hydrogen (secondary N) is 2. The number of aromatic nitrogens is 1. The SMILES string of the molecule is CN(C)C(=O)CCNC(=O)c1ccc(-c2ccc(N)c(NCC3=CC4C=CC=NC4C=C3)n2)cc1F. The summed E-state index contributed by atoms with van der Waals surface area (Å²) in [6, 6.07) is 7.87. The summed E-state index contributed by atoms with van der Waals surface area (Å²) < 4.78 is 14.8. The number of amides is 2. The molecule has 0 bridgehead atoms. The number of anilines is 2. The predicted octanol–water partition coefficient (Wildman–Crippen LogP) is 3.21. The average Bonchev–Trinajstić information content (AvgIpc) is 2.87. The Morgan fingerprint density at radius 1 is 1.17 bits per heavy atom. The van der Waals surface area contributed by atoms with Crippen LogP contribution in [-0.4, -0.2) is 61.1 Å². The molecule has 1 aromatic carbocycles. The molecule has 2 aliphatic rings. The topological polar surface area (TPSA) is 113 Å². The lowest BCUT2D eigenvalue weighted by atomic mass is 9.90. The van der Waals surface area contributed by atoms with Crippen molar-refractivity contribution in [3.63, 3.8) is 0 Å². The first-order valence-electron chi connectivity index (χ1n) is 11.7. The zero-order valence-electron chi connectivity index (χ0n) is 20.2. The Balaban J connectivity index is 1.41. The van der Waals surface area contributed by atoms with Crippen LogP contribution in [-0.2, 0) is 4.79 Å². The van der Waals surface area contributed by atoms with E-state index in [0.717, 1.165) is 5.57 Å². The van der Waals surface area contributed by atoms with Gasteiger partial charge in [0, 0.05) is 51.3 Å². The molecule has 0 fully saturated rings. The van der Waals surface area contributed by atoms with E-state index in [0.29, 0.717) is 29.3 Å². The molecule has 1 aromatic heterocycles. The van der Waals surface area contributed by atoms with Crippen LogP contribution in [0.1, 0.15) is 16.8 Å². The maximum atomic E-state index is 14.8. The molecule has 2 atom stereocenters. The Bertz CT molecular complexity index is 1280. The number of nitrogen functional groups attached to an aromatic ring is 1. The molecule has 2 aromatic rings. The molecule has 0 saturated heterocycles. The molecule has 36 heavy (non-hydrogen) atoms. The highest BCUT2D eigenvalue weighted by molar-refractivity contribution is 5.95. The minimum Gasteiger partial charge on any atom is -0.396 e. The third kappa shape index (κ3) is 5.86. The molecule has 4 rings (SSSR count). The summed E-state index contributed by atoms with van der Waals surface area (Å²) in [6.45, 7) is 0.657. The summed E-state index contributed by atoms with van der Waals surface area (Å²) >= 11 is 0. The van der Waals surface area contributed by atoms with Gasteiger partial charge in [-0.2, -0.15) is 0 Å². The van der Waals surface area contributed by atoms with Gasteiger partial charge in [-0.05, 0) is 35.9 Å². The van der Waals surface area contributed by atoms with Gasteiger partial charge < -0.3 is 21.3 Å². The molecule has 0 saturated carbocycles. The van der Waals surface area contributed by atoms with Crippen LogP contribution < -0.4 is 16.4 Å². The number of carbonyl (C=O) groups excluding carboxylic acids is 2. The van der Waals surface area contributed by atoms with Gasteiger partial charge in [0.2, 0.25) is 5.91 Å². The summed E-state index contributed by atoms with van der Waals surface area (Å²) in [4.78, 5) is 34.4. The van der Waals surface area contributed by atoms with E-state index in [9.17, 15) is 14.0 Å². The highest BCUT2D eigenvalue weighted by atomic mass is 19.1. The molecule has 0 radical (unpaired) electrons. The predicted molar refractivity (Wildman–Crippen MR) is 140 cm³/mol. The molecule has 1 aliphatic carbocycles. The van der Waals surface area contributed by atoms with Crippen molar-refractivity contribution in [1.82, 2.24) is 15.2 Å². The Hall–Kier alpha value is -4.27. The van der Waals surface area contributed by atoms with Crippen LogP contribution >= 0.6 is 0 Å². The normalized spacial score (nSPS) is 17.8. The first-order chi connectivity index (χ1) is 17.3. The Kier molecular flexibility index (Phi) is 7.58. The summed E-state index contributed by atoms with van der Waals surface area (Å²) in [5.41, 5.74) is 8.63. The van der Waals surface area contributed by atoms with E-state index in [1.807, 2.05) is 18.4 Å². The van der Waals surface area contributed by atoms with Crippen molar-refractivity contribution >= 4 is 29.5 Å². The number of dihydropyridines is 1. The monoisotopic (exact) mass is 488 g/mol. The average molecular weight is 489 g/mol. The Morgan fingerprint density at radius 2 is 2.00 bits per heavy atom. The molecular weight excluding hydrogens is 459 g/mol. The van der Waals surface area contributed by atoms with E-state index in [2.05, 4.69) is 38.8 Å². The fourth-order valence-electron chi connectivity index (χ4n) is 3.93. The van der Waals surface area contributed by atoms with Gasteiger partial charge in [-0.3, -0.25) is 14.6 Å². The number of allylic oxidation sites excluding steroid dienone is 1. The van der Waals surface area contributed by atoms with Crippen LogP contribution in [0.2, 0.25) is 0 Å². The van der Waals surface area contributed by atoms with Crippen molar-refractivity contribution in [3.8, 4) is 11.3 Å². The van der Waals surface area contributed by atoms with Crippen molar-refractivity contribution in [2.24, 2.45) is 10.9 Å². The maximum absolute atomic E-state index is 14.8. The third-order valence-electron chi connectivity index (χ3n) is 6.01. The minimum atomic E-state index is -0.674. The largest absolute Gasteiger partial charge is 0.396 e. The standard InChI is InChI=1S/C27H29FN6O2/c1-34(2)25(35)11-13-31-27(36)20-7-6-19(15-21(20)28)24-10-8-22(29)26(33-24)32-16-17-5-9-23-18(14-17)4-3-12-30-23/h3-10,12,14-15,18,23H,11,13,16,29H2,1-2H3,(H,31,36)(H,32,33). The zero-order valence-corrected chi connectivity index (χ0v) is 20.2. The second-order valence-corrected chi connectivity index (χ2v) is 8.83. The van der Waals surface area contributed by atoms with Crippen molar-refractivity contribution in [1.29, 1.82) is 0 Å². The molecule has 2 amide bonds. The van der Waals surface area contributed by atoms with E-state index in [1.54, 1.807) is 32.3 Å². The molecule has 1 aliphatic heterocycles. The summed E-state index contributed by atoms with van der Waals surface area (Å²) in [6.07, 6.45) is 12.3. The van der Waals surface area contributed by atoms with Crippen LogP contribution in [0.3, 0.4) is 0 Å². The number of benzene rings is 1. The number of nitrogens with zero attached hydrogens (tertiary/aromatic N) is 3. The maximum Gasteiger partial charge on any atom is 0.254 e. The number of pyridine rings is 1. The Morgan fingerprint density at radius 3 is 2.78 bits per heavy atom. The van der Waals surface area contributed by atoms with Gasteiger partial charge in [-0.15, -0.1) is 0 Å². The zero-order chi connectivity index (χ0) is 25.7. The lowest BCUT2D eigenvalue weighted by molar-refractivity contribution is -0.128. The van der Waals surface area contributed by atoms with Crippen LogP contribution in [0.25, 0.3) is 11.3 Å². The van der Waals surface area contributed by atoms with Crippen LogP contribution in [0, 0.1) is 11.7 Å². The van der Waals surface area contributed by atoms with E-state index in [1.165, 1.54) is 17.0 Å². The first kappa shape index (κ1) is 24.8. The summed E-state index contributed by atoms with van der Waals surface area (Å²) in [5.74, 6) is -0.639. The van der Waals surface area contributed by atoms with Crippen molar-refractivity contribution in [2.75, 3.05) is 38.2 Å². The van der Waals surface area contributed by atoms with Crippen LogP contribution in [0.15, 0.2) is 71.3 Å². The van der Waals surface area contributed by atoms with E-state index < -0.39 is 11.7 Å². The third-order valence-corrected chi connectivity index (χ3v) is 6.01. The molecule has 186 valence electrons. The molecule has 9 heteroatoms. The number of halogens is 1. The first-order valence-corrected chi connectivity index (χ1v) is 11.7. The van der Waals surface area contributed by atoms with Gasteiger partial charge in [0.1, 0.15) is 11.6 Å². The van der Waals surface area contributed by atoms with Gasteiger partial charge in [0.15, 0.2) is 0 Å². The summed E-state index contributed by atoms with van der Waals surface area (Å²) in [7, 11) is 3.27. The molecule has 8 nitrogen and oxygen atoms in total. The second kappa shape index (κ2) is 11.0. The summed E-state index contributed by atoms with van der Waals surface area (Å²) in [5, 5.41) is 5.84. The number of carbonyl (C=O) groups is 2. The smallest absolute Gasteiger partial charge is 0.254 e. The molecule has 2 heterocycles. The number of hydrogen-bond acceptors (Lipinski definition) is 6. The van der Waals surface area contributed by atoms with Crippen LogP contribution in [0.5, 0.6) is 0 Å². The lowest BCUT2D eigenvalue weighted by Gasteiger charge is -2.22. The van der Waals surface area contributed by atoms with Crippen molar-refractivity contribution in [3.05, 3.63) is 77.7 Å². The van der Waals surface area contributed by atoms with E-state index >= 15 is 0 Å². The number of fused-ring (bicyclic) bond motifs is 1. The quantitative estimate of drug-likeness (QED) is 0.528. The molecule has 0 spiro atoms. The highest BCUT2D eigenvalue weighted by Crippen LogP contribution is 2.27. The number of hydrogen-bond donors (Lipinski definition) is 3. The van der Waals surface area contributed by atoms with Gasteiger partial charge in [-0.1, -0.05) is 30.4 Å². The molecule has 4 N–H and O–H groups in total. The number of nitrogens with two attached hydrogens (primary N) is 1. The van der Waals surface area contributed by atoms with Gasteiger partial charge in [0.05, 0.1) is 23.0 Å². The number of aliphatic imine (C=N–C) groups is 1. The fraction of sp³-hybridized carbons (Fsp3) is 0.259. The van der Waals surface area contributed by atoms with Crippen molar-refractivity contribution < 1.29 is 14.0 Å². The van der Waals surface area contributed by atoms with Gasteiger partial charge in [-0.25, -0.2) is 9.37 Å². The van der Waals surface area contributed by atoms with Crippen LogP contribution in [0.4, 0.5) is 15.9 Å². The highest BCUT2D eigenvalue weighted by Gasteiger charge is 2.19. The molecular formula is C27H29FN6O2. The van der Waals surface area contributed by atoms with Crippen molar-refractivity contribution in [2.45, 2.75) is 12.5 Å². The van der Waals surface area contributed by atoms with E-state index in [4.69, 9.17) is 5.73 Å². The second-order valence-electron chi connectivity index (χ2n) is 8.83.